The van der Waals surface area contributed by atoms with Crippen molar-refractivity contribution in [2.75, 3.05) is 0 Å². The minimum Gasteiger partial charge on any atom is -0.346 e. The van der Waals surface area contributed by atoms with Gasteiger partial charge in [0.1, 0.15) is 0 Å². The van der Waals surface area contributed by atoms with Gasteiger partial charge in [0.2, 0.25) is 5.91 Å². The summed E-state index contributed by atoms with van der Waals surface area (Å²) in [5.41, 5.74) is 4.54. The Hall–Kier alpha value is -1.59. The summed E-state index contributed by atoms with van der Waals surface area (Å²) in [5, 5.41) is 2.47. The van der Waals surface area contributed by atoms with Crippen molar-refractivity contribution in [1.29, 1.82) is 0 Å². The van der Waals surface area contributed by atoms with Crippen molar-refractivity contribution in [2.45, 2.75) is 71.8 Å². The standard InChI is InChI=1S/C16H29N3O3/c1-4-5-6-12-7-9-13(10-8-12)14(20)18-19-16(22)15(21)17-11(2)3/h11-13H,4-10H2,1-3H3,(H,17,21)(H,18,20)(H,19,22). The molecule has 0 aliphatic heterocycles. The second-order valence-electron chi connectivity index (χ2n) is 6.43. The lowest BCUT2D eigenvalue weighted by Gasteiger charge is -2.27. The van der Waals surface area contributed by atoms with E-state index in [4.69, 9.17) is 0 Å². The number of hydrazine groups is 1. The lowest BCUT2D eigenvalue weighted by molar-refractivity contribution is -0.141. The van der Waals surface area contributed by atoms with Crippen molar-refractivity contribution in [3.8, 4) is 0 Å². The molecule has 0 unspecified atom stereocenters. The van der Waals surface area contributed by atoms with Crippen molar-refractivity contribution in [2.24, 2.45) is 11.8 Å². The van der Waals surface area contributed by atoms with E-state index in [1.807, 2.05) is 0 Å². The number of rotatable bonds is 5. The molecule has 126 valence electrons. The highest BCUT2D eigenvalue weighted by molar-refractivity contribution is 6.35. The summed E-state index contributed by atoms with van der Waals surface area (Å²) in [6.45, 7) is 5.72. The number of nitrogens with one attached hydrogen (secondary N) is 3. The van der Waals surface area contributed by atoms with Crippen LogP contribution in [0, 0.1) is 11.8 Å². The Balaban J connectivity index is 2.26. The number of carbonyl (C=O) groups excluding carboxylic acids is 3. The molecule has 1 saturated carbocycles. The average Bonchev–Trinajstić information content (AvgIpc) is 2.50. The van der Waals surface area contributed by atoms with Crippen LogP contribution in [0.25, 0.3) is 0 Å². The molecule has 3 amide bonds. The third kappa shape index (κ3) is 6.45. The van der Waals surface area contributed by atoms with Crippen LogP contribution in [-0.4, -0.2) is 23.8 Å². The van der Waals surface area contributed by atoms with Crippen LogP contribution < -0.4 is 16.2 Å². The van der Waals surface area contributed by atoms with E-state index < -0.39 is 11.8 Å². The topological polar surface area (TPSA) is 87.3 Å². The first kappa shape index (κ1) is 18.5. The molecule has 6 heteroatoms. The zero-order valence-electron chi connectivity index (χ0n) is 13.9. The van der Waals surface area contributed by atoms with Gasteiger partial charge >= 0.3 is 11.8 Å². The van der Waals surface area contributed by atoms with Crippen LogP contribution >= 0.6 is 0 Å². The summed E-state index contributed by atoms with van der Waals surface area (Å²) in [6.07, 6.45) is 7.56. The van der Waals surface area contributed by atoms with Crippen molar-refractivity contribution in [1.82, 2.24) is 16.2 Å². The van der Waals surface area contributed by atoms with E-state index in [1.54, 1.807) is 13.8 Å². The molecule has 0 radical (unpaired) electrons. The summed E-state index contributed by atoms with van der Waals surface area (Å²) >= 11 is 0. The number of hydrogen-bond donors (Lipinski definition) is 3. The van der Waals surface area contributed by atoms with E-state index in [0.717, 1.165) is 31.6 Å². The molecule has 1 aliphatic carbocycles. The fourth-order valence-corrected chi connectivity index (χ4v) is 2.81. The summed E-state index contributed by atoms with van der Waals surface area (Å²) in [7, 11) is 0. The normalized spacial score (nSPS) is 21.3. The van der Waals surface area contributed by atoms with Gasteiger partial charge in [-0.05, 0) is 45.4 Å². The van der Waals surface area contributed by atoms with E-state index in [9.17, 15) is 14.4 Å². The molecule has 0 saturated heterocycles. The van der Waals surface area contributed by atoms with Crippen LogP contribution in [0.4, 0.5) is 0 Å². The molecule has 0 bridgehead atoms. The summed E-state index contributed by atoms with van der Waals surface area (Å²) in [4.78, 5) is 34.9. The van der Waals surface area contributed by atoms with E-state index in [0.29, 0.717) is 0 Å². The predicted octanol–water partition coefficient (Wildman–Crippen LogP) is 1.65. The number of amides is 3. The summed E-state index contributed by atoms with van der Waals surface area (Å²) < 4.78 is 0. The van der Waals surface area contributed by atoms with Crippen LogP contribution in [0.15, 0.2) is 0 Å². The second kappa shape index (κ2) is 9.43. The van der Waals surface area contributed by atoms with Crippen LogP contribution in [0.1, 0.15) is 65.7 Å². The van der Waals surface area contributed by atoms with Gasteiger partial charge in [-0.25, -0.2) is 0 Å². The minimum absolute atomic E-state index is 0.0636. The van der Waals surface area contributed by atoms with Gasteiger partial charge in [0, 0.05) is 12.0 Å². The number of carbonyl (C=O) groups is 3. The monoisotopic (exact) mass is 311 g/mol. The lowest BCUT2D eigenvalue weighted by Crippen LogP contribution is -2.51. The van der Waals surface area contributed by atoms with Crippen molar-refractivity contribution < 1.29 is 14.4 Å². The van der Waals surface area contributed by atoms with Crippen LogP contribution in [0.2, 0.25) is 0 Å². The van der Waals surface area contributed by atoms with E-state index in [2.05, 4.69) is 23.1 Å². The van der Waals surface area contributed by atoms with Crippen LogP contribution in [0.3, 0.4) is 0 Å². The van der Waals surface area contributed by atoms with Crippen molar-refractivity contribution in [3.05, 3.63) is 0 Å². The Morgan fingerprint density at radius 2 is 1.64 bits per heavy atom. The molecular formula is C16H29N3O3. The van der Waals surface area contributed by atoms with Gasteiger partial charge in [-0.2, -0.15) is 0 Å². The summed E-state index contributed by atoms with van der Waals surface area (Å²) in [6, 6.07) is -0.118. The number of hydrogen-bond acceptors (Lipinski definition) is 3. The molecule has 1 aliphatic rings. The molecule has 0 spiro atoms. The molecule has 22 heavy (non-hydrogen) atoms. The first-order valence-corrected chi connectivity index (χ1v) is 8.34. The molecule has 1 rings (SSSR count). The highest BCUT2D eigenvalue weighted by Gasteiger charge is 2.26. The first-order chi connectivity index (χ1) is 10.4. The van der Waals surface area contributed by atoms with Gasteiger partial charge in [-0.1, -0.05) is 26.2 Å². The maximum absolute atomic E-state index is 12.0. The van der Waals surface area contributed by atoms with Gasteiger partial charge < -0.3 is 5.32 Å². The lowest BCUT2D eigenvalue weighted by atomic mass is 9.79. The third-order valence-electron chi connectivity index (χ3n) is 4.11. The summed E-state index contributed by atoms with van der Waals surface area (Å²) in [5.74, 6) is -1.10. The molecule has 0 atom stereocenters. The molecule has 6 nitrogen and oxygen atoms in total. The fourth-order valence-electron chi connectivity index (χ4n) is 2.81. The van der Waals surface area contributed by atoms with Crippen molar-refractivity contribution in [3.63, 3.8) is 0 Å². The number of unbranched alkanes of at least 4 members (excludes halogenated alkanes) is 1. The fraction of sp³-hybridized carbons (Fsp3) is 0.812. The Labute approximate surface area is 132 Å². The Bertz CT molecular complexity index is 388. The second-order valence-corrected chi connectivity index (χ2v) is 6.43. The van der Waals surface area contributed by atoms with Gasteiger partial charge in [-0.15, -0.1) is 0 Å². The maximum atomic E-state index is 12.0. The smallest absolute Gasteiger partial charge is 0.327 e. The van der Waals surface area contributed by atoms with Crippen molar-refractivity contribution >= 4 is 17.7 Å². The van der Waals surface area contributed by atoms with Gasteiger partial charge in [0.05, 0.1) is 0 Å². The maximum Gasteiger partial charge on any atom is 0.327 e. The van der Waals surface area contributed by atoms with Gasteiger partial charge in [0.15, 0.2) is 0 Å². The minimum atomic E-state index is -0.835. The first-order valence-electron chi connectivity index (χ1n) is 8.34. The van der Waals surface area contributed by atoms with E-state index in [1.165, 1.54) is 19.3 Å². The highest BCUT2D eigenvalue weighted by atomic mass is 16.2. The van der Waals surface area contributed by atoms with E-state index >= 15 is 0 Å². The molecule has 0 heterocycles. The Morgan fingerprint density at radius 1 is 1.00 bits per heavy atom. The Kier molecular flexibility index (Phi) is 7.91. The SMILES string of the molecule is CCCCC1CCC(C(=O)NNC(=O)C(=O)NC(C)C)CC1. The molecule has 0 aromatic heterocycles. The van der Waals surface area contributed by atoms with Gasteiger partial charge in [0.25, 0.3) is 0 Å². The highest BCUT2D eigenvalue weighted by Crippen LogP contribution is 2.31. The molecule has 1 fully saturated rings. The third-order valence-corrected chi connectivity index (χ3v) is 4.11. The molecule has 0 aromatic carbocycles. The zero-order chi connectivity index (χ0) is 16.5. The quantitative estimate of drug-likeness (QED) is 0.533. The predicted molar refractivity (Wildman–Crippen MR) is 84.5 cm³/mol. The Morgan fingerprint density at radius 3 is 2.18 bits per heavy atom. The van der Waals surface area contributed by atoms with Gasteiger partial charge in [-0.3, -0.25) is 25.2 Å². The van der Waals surface area contributed by atoms with Crippen LogP contribution in [0.5, 0.6) is 0 Å². The van der Waals surface area contributed by atoms with Crippen LogP contribution in [-0.2, 0) is 14.4 Å². The van der Waals surface area contributed by atoms with E-state index in [-0.39, 0.29) is 17.9 Å². The molecular weight excluding hydrogens is 282 g/mol. The molecule has 0 aromatic rings. The average molecular weight is 311 g/mol. The zero-order valence-corrected chi connectivity index (χ0v) is 13.9. The molecule has 3 N–H and O–H groups in total. The largest absolute Gasteiger partial charge is 0.346 e.